The molecular weight excluding hydrogens is 350 g/mol. The maximum absolute atomic E-state index is 5.48. The molecule has 2 heterocycles. The fourth-order valence-corrected chi connectivity index (χ4v) is 3.24. The van der Waals surface area contributed by atoms with E-state index in [2.05, 4.69) is 74.9 Å². The Morgan fingerprint density at radius 1 is 0.964 bits per heavy atom. The quantitative estimate of drug-likeness (QED) is 0.667. The van der Waals surface area contributed by atoms with Gasteiger partial charge in [0.25, 0.3) is 0 Å². The summed E-state index contributed by atoms with van der Waals surface area (Å²) in [6.45, 7) is 5.45. The van der Waals surface area contributed by atoms with Crippen LogP contribution in [-0.2, 0) is 11.2 Å². The Morgan fingerprint density at radius 3 is 2.54 bits per heavy atom. The summed E-state index contributed by atoms with van der Waals surface area (Å²) in [6.07, 6.45) is 2.79. The molecule has 0 spiro atoms. The number of ether oxygens (including phenoxy) is 1. The summed E-state index contributed by atoms with van der Waals surface area (Å²) in [5, 5.41) is 6.71. The van der Waals surface area contributed by atoms with Crippen LogP contribution in [0.15, 0.2) is 60.8 Å². The minimum absolute atomic E-state index is 0.568. The molecule has 0 radical (unpaired) electrons. The van der Waals surface area contributed by atoms with Crippen LogP contribution in [0.4, 0.5) is 28.8 Å². The van der Waals surface area contributed by atoms with Crippen molar-refractivity contribution in [3.63, 3.8) is 0 Å². The molecule has 4 rings (SSSR count). The second kappa shape index (κ2) is 8.71. The number of para-hydroxylation sites is 2. The van der Waals surface area contributed by atoms with E-state index < -0.39 is 0 Å². The van der Waals surface area contributed by atoms with Gasteiger partial charge in [0.2, 0.25) is 5.95 Å². The van der Waals surface area contributed by atoms with Crippen LogP contribution < -0.4 is 15.5 Å². The highest BCUT2D eigenvalue weighted by atomic mass is 16.5. The fraction of sp³-hybridized carbons (Fsp3) is 0.273. The number of hydrogen-bond acceptors (Lipinski definition) is 6. The van der Waals surface area contributed by atoms with Crippen LogP contribution in [0.25, 0.3) is 0 Å². The highest BCUT2D eigenvalue weighted by Gasteiger charge is 2.14. The fourth-order valence-electron chi connectivity index (χ4n) is 3.24. The topological polar surface area (TPSA) is 62.3 Å². The van der Waals surface area contributed by atoms with Crippen LogP contribution in [0.1, 0.15) is 12.5 Å². The zero-order valence-corrected chi connectivity index (χ0v) is 16.1. The van der Waals surface area contributed by atoms with Gasteiger partial charge in [0.15, 0.2) is 0 Å². The highest BCUT2D eigenvalue weighted by Crippen LogP contribution is 2.29. The summed E-state index contributed by atoms with van der Waals surface area (Å²) in [4.78, 5) is 11.3. The number of aryl methyl sites for hydroxylation is 1. The second-order valence-electron chi connectivity index (χ2n) is 6.68. The van der Waals surface area contributed by atoms with Crippen molar-refractivity contribution < 1.29 is 4.74 Å². The summed E-state index contributed by atoms with van der Waals surface area (Å²) >= 11 is 0. The van der Waals surface area contributed by atoms with Gasteiger partial charge in [-0.3, -0.25) is 0 Å². The van der Waals surface area contributed by atoms with Crippen molar-refractivity contribution in [1.29, 1.82) is 0 Å². The lowest BCUT2D eigenvalue weighted by Gasteiger charge is -2.30. The first-order chi connectivity index (χ1) is 13.8. The Morgan fingerprint density at radius 2 is 1.75 bits per heavy atom. The van der Waals surface area contributed by atoms with E-state index in [1.807, 2.05) is 12.1 Å². The van der Waals surface area contributed by atoms with Crippen molar-refractivity contribution in [2.75, 3.05) is 41.8 Å². The molecule has 28 heavy (non-hydrogen) atoms. The molecule has 0 saturated carbocycles. The lowest BCUT2D eigenvalue weighted by atomic mass is 10.1. The average molecular weight is 375 g/mol. The number of benzene rings is 2. The summed E-state index contributed by atoms with van der Waals surface area (Å²) in [6, 6.07) is 18.5. The van der Waals surface area contributed by atoms with Crippen molar-refractivity contribution in [3.05, 3.63) is 66.4 Å². The number of rotatable bonds is 6. The Balaban J connectivity index is 1.50. The van der Waals surface area contributed by atoms with Gasteiger partial charge in [-0.25, -0.2) is 4.98 Å². The summed E-state index contributed by atoms with van der Waals surface area (Å²) in [5.41, 5.74) is 4.47. The van der Waals surface area contributed by atoms with Gasteiger partial charge in [-0.1, -0.05) is 31.2 Å². The molecule has 2 N–H and O–H groups in total. The molecule has 144 valence electrons. The maximum atomic E-state index is 5.48. The van der Waals surface area contributed by atoms with Crippen molar-refractivity contribution in [2.24, 2.45) is 0 Å². The summed E-state index contributed by atoms with van der Waals surface area (Å²) < 4.78 is 5.48. The molecule has 3 aromatic rings. The first kappa shape index (κ1) is 18.3. The SMILES string of the molecule is CCc1ccc(Nc2nccc(Nc3ccccc3N3CCOCC3)n2)cc1. The number of hydrogen-bond donors (Lipinski definition) is 2. The first-order valence-corrected chi connectivity index (χ1v) is 9.69. The number of nitrogens with one attached hydrogen (secondary N) is 2. The molecule has 0 aliphatic carbocycles. The largest absolute Gasteiger partial charge is 0.378 e. The summed E-state index contributed by atoms with van der Waals surface area (Å²) in [5.74, 6) is 1.32. The van der Waals surface area contributed by atoms with Crippen molar-refractivity contribution in [1.82, 2.24) is 9.97 Å². The molecule has 1 aromatic heterocycles. The highest BCUT2D eigenvalue weighted by molar-refractivity contribution is 5.74. The molecule has 6 nitrogen and oxygen atoms in total. The number of aromatic nitrogens is 2. The zero-order chi connectivity index (χ0) is 19.2. The monoisotopic (exact) mass is 375 g/mol. The Bertz CT molecular complexity index is 907. The molecule has 6 heteroatoms. The smallest absolute Gasteiger partial charge is 0.229 e. The van der Waals surface area contributed by atoms with Crippen molar-refractivity contribution in [2.45, 2.75) is 13.3 Å². The standard InChI is InChI=1S/C22H25N5O/c1-2-17-7-9-18(10-8-17)24-22-23-12-11-21(26-22)25-19-5-3-4-6-20(19)27-13-15-28-16-14-27/h3-12H,2,13-16H2,1H3,(H2,23,24,25,26). The van der Waals surface area contributed by atoms with Gasteiger partial charge in [-0.05, 0) is 42.3 Å². The Kier molecular flexibility index (Phi) is 5.68. The molecule has 2 aromatic carbocycles. The first-order valence-electron chi connectivity index (χ1n) is 9.69. The molecule has 0 atom stereocenters. The Labute approximate surface area is 165 Å². The van der Waals surface area contributed by atoms with E-state index in [9.17, 15) is 0 Å². The van der Waals surface area contributed by atoms with Crippen LogP contribution in [0, 0.1) is 0 Å². The predicted molar refractivity (Wildman–Crippen MR) is 114 cm³/mol. The van der Waals surface area contributed by atoms with E-state index in [0.717, 1.165) is 55.6 Å². The molecule has 0 bridgehead atoms. The number of anilines is 5. The maximum Gasteiger partial charge on any atom is 0.229 e. The van der Waals surface area contributed by atoms with Gasteiger partial charge in [0.05, 0.1) is 24.6 Å². The normalized spacial score (nSPS) is 14.0. The minimum atomic E-state index is 0.568. The van der Waals surface area contributed by atoms with Gasteiger partial charge >= 0.3 is 0 Å². The number of morpholine rings is 1. The van der Waals surface area contributed by atoms with Crippen LogP contribution in [0.3, 0.4) is 0 Å². The summed E-state index contributed by atoms with van der Waals surface area (Å²) in [7, 11) is 0. The molecular formula is C22H25N5O. The molecule has 1 aliphatic heterocycles. The molecule has 1 saturated heterocycles. The van der Waals surface area contributed by atoms with E-state index in [1.54, 1.807) is 6.20 Å². The average Bonchev–Trinajstić information content (AvgIpc) is 2.76. The van der Waals surface area contributed by atoms with E-state index >= 15 is 0 Å². The van der Waals surface area contributed by atoms with Crippen LogP contribution in [-0.4, -0.2) is 36.3 Å². The van der Waals surface area contributed by atoms with E-state index in [0.29, 0.717) is 5.95 Å². The van der Waals surface area contributed by atoms with Gasteiger partial charge < -0.3 is 20.3 Å². The molecule has 0 amide bonds. The third-order valence-electron chi connectivity index (χ3n) is 4.79. The van der Waals surface area contributed by atoms with Crippen LogP contribution in [0.5, 0.6) is 0 Å². The lowest BCUT2D eigenvalue weighted by Crippen LogP contribution is -2.36. The minimum Gasteiger partial charge on any atom is -0.378 e. The van der Waals surface area contributed by atoms with Gasteiger partial charge in [0, 0.05) is 25.0 Å². The number of nitrogens with zero attached hydrogens (tertiary/aromatic N) is 3. The van der Waals surface area contributed by atoms with E-state index in [-0.39, 0.29) is 0 Å². The van der Waals surface area contributed by atoms with Crippen LogP contribution >= 0.6 is 0 Å². The molecule has 0 unspecified atom stereocenters. The van der Waals surface area contributed by atoms with Gasteiger partial charge in [-0.2, -0.15) is 4.98 Å². The third-order valence-corrected chi connectivity index (χ3v) is 4.79. The lowest BCUT2D eigenvalue weighted by molar-refractivity contribution is 0.123. The Hall–Kier alpha value is -3.12. The van der Waals surface area contributed by atoms with Crippen molar-refractivity contribution >= 4 is 28.8 Å². The second-order valence-corrected chi connectivity index (χ2v) is 6.68. The zero-order valence-electron chi connectivity index (χ0n) is 16.1. The third kappa shape index (κ3) is 4.40. The van der Waals surface area contributed by atoms with E-state index in [1.165, 1.54) is 5.56 Å². The van der Waals surface area contributed by atoms with Crippen LogP contribution in [0.2, 0.25) is 0 Å². The van der Waals surface area contributed by atoms with Gasteiger partial charge in [0.1, 0.15) is 5.82 Å². The molecule has 1 aliphatic rings. The van der Waals surface area contributed by atoms with E-state index in [4.69, 9.17) is 4.74 Å². The molecule has 1 fully saturated rings. The van der Waals surface area contributed by atoms with Gasteiger partial charge in [-0.15, -0.1) is 0 Å². The van der Waals surface area contributed by atoms with Crippen molar-refractivity contribution in [3.8, 4) is 0 Å². The predicted octanol–water partition coefficient (Wildman–Crippen LogP) is 4.36.